The molecule has 0 amide bonds. The number of carbonyl (C=O) groups excluding carboxylic acids is 1. The first kappa shape index (κ1) is 12.3. The number of hydrogen-bond acceptors (Lipinski definition) is 3. The van der Waals surface area contributed by atoms with Crippen molar-refractivity contribution in [2.24, 2.45) is 0 Å². The second kappa shape index (κ2) is 5.98. The van der Waals surface area contributed by atoms with Crippen LogP contribution in [0.3, 0.4) is 0 Å². The van der Waals surface area contributed by atoms with Crippen molar-refractivity contribution in [3.05, 3.63) is 22.7 Å². The third-order valence-corrected chi connectivity index (χ3v) is 2.32. The summed E-state index contributed by atoms with van der Waals surface area (Å²) < 4.78 is 10.5. The largest absolute Gasteiger partial charge is 0.493 e. The molecule has 0 aliphatic carbocycles. The second-order valence-corrected chi connectivity index (χ2v) is 3.89. The van der Waals surface area contributed by atoms with Gasteiger partial charge in [-0.05, 0) is 12.1 Å². The molecule has 0 radical (unpaired) electrons. The summed E-state index contributed by atoms with van der Waals surface area (Å²) in [4.78, 5) is 10.6. The van der Waals surface area contributed by atoms with E-state index in [0.717, 1.165) is 0 Å². The Balaban J connectivity index is 3.06. The summed E-state index contributed by atoms with van der Waals surface area (Å²) in [5, 5.41) is 1.07. The Hall–Kier alpha value is -0.740. The Bertz CT molecular complexity index is 355. The van der Waals surface area contributed by atoms with Crippen LogP contribution >= 0.6 is 27.5 Å². The minimum atomic E-state index is 0.373. The van der Waals surface area contributed by atoms with Crippen LogP contribution in [-0.2, 0) is 0 Å². The molecule has 0 bridgehead atoms. The zero-order valence-electron chi connectivity index (χ0n) is 8.13. The quantitative estimate of drug-likeness (QED) is 0.618. The minimum Gasteiger partial charge on any atom is -0.493 e. The normalized spacial score (nSPS) is 9.80. The summed E-state index contributed by atoms with van der Waals surface area (Å²) in [5.41, 5.74) is 0.461. The number of hydrogen-bond donors (Lipinski definition) is 0. The van der Waals surface area contributed by atoms with E-state index in [2.05, 4.69) is 15.9 Å². The average molecular weight is 294 g/mol. The molecule has 5 heteroatoms. The molecule has 0 unspecified atom stereocenters. The molecule has 0 aliphatic heterocycles. The third-order valence-electron chi connectivity index (χ3n) is 1.71. The van der Waals surface area contributed by atoms with Gasteiger partial charge in [-0.15, -0.1) is 0 Å². The molecular formula is C10H10BrClO3. The van der Waals surface area contributed by atoms with Gasteiger partial charge in [0.25, 0.3) is 0 Å². The molecule has 1 rings (SSSR count). The molecule has 0 fully saturated rings. The molecule has 0 aliphatic rings. The number of ether oxygens (including phenoxy) is 2. The van der Waals surface area contributed by atoms with Gasteiger partial charge in [0.1, 0.15) is 6.29 Å². The number of rotatable bonds is 5. The Morgan fingerprint density at radius 3 is 2.80 bits per heavy atom. The lowest BCUT2D eigenvalue weighted by Crippen LogP contribution is -2.01. The maximum atomic E-state index is 10.6. The Labute approximate surface area is 101 Å². The molecule has 0 heterocycles. The van der Waals surface area contributed by atoms with Crippen LogP contribution in [-0.4, -0.2) is 25.3 Å². The second-order valence-electron chi connectivity index (χ2n) is 2.69. The maximum absolute atomic E-state index is 10.6. The standard InChI is InChI=1S/C10H10BrClO3/c1-14-9-5-7(6-13)4-8(12)10(9)15-3-2-11/h4-6H,2-3H2,1H3. The molecule has 0 aromatic heterocycles. The molecule has 0 saturated heterocycles. The summed E-state index contributed by atoms with van der Waals surface area (Å²) in [5.74, 6) is 0.926. The SMILES string of the molecule is COc1cc(C=O)cc(Cl)c1OCCBr. The topological polar surface area (TPSA) is 35.5 Å². The number of benzene rings is 1. The molecule has 1 aromatic rings. The highest BCUT2D eigenvalue weighted by molar-refractivity contribution is 9.09. The first-order chi connectivity index (χ1) is 7.22. The first-order valence-electron chi connectivity index (χ1n) is 4.24. The number of halogens is 2. The van der Waals surface area contributed by atoms with Crippen molar-refractivity contribution in [2.45, 2.75) is 0 Å². The summed E-state index contributed by atoms with van der Waals surface area (Å²) >= 11 is 9.19. The van der Waals surface area contributed by atoms with Crippen LogP contribution in [0.1, 0.15) is 10.4 Å². The van der Waals surface area contributed by atoms with Gasteiger partial charge in [0.05, 0.1) is 18.7 Å². The van der Waals surface area contributed by atoms with Gasteiger partial charge in [-0.2, -0.15) is 0 Å². The fourth-order valence-corrected chi connectivity index (χ4v) is 1.52. The van der Waals surface area contributed by atoms with Crippen molar-refractivity contribution >= 4 is 33.8 Å². The van der Waals surface area contributed by atoms with E-state index in [0.29, 0.717) is 40.3 Å². The number of carbonyl (C=O) groups is 1. The molecule has 82 valence electrons. The van der Waals surface area contributed by atoms with Gasteiger partial charge >= 0.3 is 0 Å². The van der Waals surface area contributed by atoms with Crippen molar-refractivity contribution < 1.29 is 14.3 Å². The van der Waals surface area contributed by atoms with E-state index in [4.69, 9.17) is 21.1 Å². The van der Waals surface area contributed by atoms with E-state index in [1.807, 2.05) is 0 Å². The highest BCUT2D eigenvalue weighted by Crippen LogP contribution is 2.35. The van der Waals surface area contributed by atoms with Crippen LogP contribution in [0.4, 0.5) is 0 Å². The van der Waals surface area contributed by atoms with E-state index in [9.17, 15) is 4.79 Å². The van der Waals surface area contributed by atoms with Crippen molar-refractivity contribution in [3.63, 3.8) is 0 Å². The minimum absolute atomic E-state index is 0.373. The van der Waals surface area contributed by atoms with Crippen LogP contribution in [0.15, 0.2) is 12.1 Å². The lowest BCUT2D eigenvalue weighted by Gasteiger charge is -2.11. The van der Waals surface area contributed by atoms with Gasteiger partial charge in [0.15, 0.2) is 11.5 Å². The van der Waals surface area contributed by atoms with E-state index in [1.54, 1.807) is 12.1 Å². The monoisotopic (exact) mass is 292 g/mol. The third kappa shape index (κ3) is 3.11. The molecule has 0 saturated carbocycles. The average Bonchev–Trinajstić information content (AvgIpc) is 2.26. The van der Waals surface area contributed by atoms with Crippen molar-refractivity contribution in [2.75, 3.05) is 19.0 Å². The van der Waals surface area contributed by atoms with E-state index in [-0.39, 0.29) is 0 Å². The molecule has 15 heavy (non-hydrogen) atoms. The van der Waals surface area contributed by atoms with Gasteiger partial charge < -0.3 is 9.47 Å². The predicted octanol–water partition coefficient (Wildman–Crippen LogP) is 2.93. The highest BCUT2D eigenvalue weighted by atomic mass is 79.9. The fraction of sp³-hybridized carbons (Fsp3) is 0.300. The van der Waals surface area contributed by atoms with Crippen LogP contribution in [0, 0.1) is 0 Å². The van der Waals surface area contributed by atoms with E-state index < -0.39 is 0 Å². The fourth-order valence-electron chi connectivity index (χ4n) is 1.09. The van der Waals surface area contributed by atoms with Crippen LogP contribution in [0.2, 0.25) is 5.02 Å². The molecule has 0 spiro atoms. The number of aldehydes is 1. The van der Waals surface area contributed by atoms with Gasteiger partial charge in [-0.3, -0.25) is 4.79 Å². The van der Waals surface area contributed by atoms with Crippen molar-refractivity contribution in [1.82, 2.24) is 0 Å². The van der Waals surface area contributed by atoms with Gasteiger partial charge in [-0.1, -0.05) is 27.5 Å². The summed E-state index contributed by atoms with van der Waals surface area (Å²) in [7, 11) is 1.50. The van der Waals surface area contributed by atoms with Crippen LogP contribution < -0.4 is 9.47 Å². The molecule has 3 nitrogen and oxygen atoms in total. The van der Waals surface area contributed by atoms with Gasteiger partial charge in [0, 0.05) is 10.9 Å². The summed E-state index contributed by atoms with van der Waals surface area (Å²) in [6.07, 6.45) is 0.711. The molecule has 0 N–H and O–H groups in total. The number of methoxy groups -OCH3 is 1. The van der Waals surface area contributed by atoms with Crippen LogP contribution in [0.25, 0.3) is 0 Å². The Morgan fingerprint density at radius 2 is 2.27 bits per heavy atom. The predicted molar refractivity (Wildman–Crippen MR) is 62.7 cm³/mol. The molecular weight excluding hydrogens is 283 g/mol. The maximum Gasteiger partial charge on any atom is 0.179 e. The van der Waals surface area contributed by atoms with Gasteiger partial charge in [0.2, 0.25) is 0 Å². The van der Waals surface area contributed by atoms with Gasteiger partial charge in [-0.25, -0.2) is 0 Å². The Kier molecular flexibility index (Phi) is 4.91. The van der Waals surface area contributed by atoms with Crippen molar-refractivity contribution in [1.29, 1.82) is 0 Å². The molecule has 0 atom stereocenters. The van der Waals surface area contributed by atoms with Crippen LogP contribution in [0.5, 0.6) is 11.5 Å². The first-order valence-corrected chi connectivity index (χ1v) is 5.74. The number of alkyl halides is 1. The zero-order chi connectivity index (χ0) is 11.3. The summed E-state index contributed by atoms with van der Waals surface area (Å²) in [6, 6.07) is 3.13. The van der Waals surface area contributed by atoms with Crippen molar-refractivity contribution in [3.8, 4) is 11.5 Å². The molecule has 1 aromatic carbocycles. The smallest absolute Gasteiger partial charge is 0.179 e. The lowest BCUT2D eigenvalue weighted by atomic mass is 10.2. The zero-order valence-corrected chi connectivity index (χ0v) is 10.5. The van der Waals surface area contributed by atoms with E-state index >= 15 is 0 Å². The van der Waals surface area contributed by atoms with E-state index in [1.165, 1.54) is 7.11 Å². The Morgan fingerprint density at radius 1 is 1.53 bits per heavy atom. The summed E-state index contributed by atoms with van der Waals surface area (Å²) in [6.45, 7) is 0.483. The highest BCUT2D eigenvalue weighted by Gasteiger charge is 2.11. The lowest BCUT2D eigenvalue weighted by molar-refractivity contribution is 0.112.